The molecule has 0 aliphatic heterocycles. The van der Waals surface area contributed by atoms with Crippen molar-refractivity contribution >= 4 is 22.0 Å². The predicted octanol–water partition coefficient (Wildman–Crippen LogP) is 0.0633. The summed E-state index contributed by atoms with van der Waals surface area (Å²) in [6.07, 6.45) is 0.0559. The fourth-order valence-corrected chi connectivity index (χ4v) is 2.19. The molecule has 1 aromatic carbocycles. The van der Waals surface area contributed by atoms with E-state index in [-0.39, 0.29) is 12.0 Å². The number of carbonyl (C=O) groups is 1. The third-order valence-corrected chi connectivity index (χ3v) is 2.95. The number of hydrogen-bond donors (Lipinski definition) is 1. The predicted molar refractivity (Wildman–Crippen MR) is 56.4 cm³/mol. The molecule has 0 saturated carbocycles. The zero-order valence-electron chi connectivity index (χ0n) is 8.61. The zero-order chi connectivity index (χ0) is 13.2. The number of nitrogens with two attached hydrogens (primary N) is 1. The van der Waals surface area contributed by atoms with E-state index in [0.717, 1.165) is 19.2 Å². The molecule has 17 heavy (non-hydrogen) atoms. The van der Waals surface area contributed by atoms with Gasteiger partial charge >= 0.3 is 0 Å². The first-order valence-corrected chi connectivity index (χ1v) is 5.71. The minimum Gasteiger partial charge on any atom is -0.495 e. The van der Waals surface area contributed by atoms with Crippen LogP contribution in [-0.2, 0) is 10.0 Å². The van der Waals surface area contributed by atoms with E-state index in [1.165, 1.54) is 0 Å². The Morgan fingerprint density at radius 3 is 2.41 bits per heavy atom. The van der Waals surface area contributed by atoms with Gasteiger partial charge in [-0.2, -0.15) is 0 Å². The molecule has 0 atom stereocenters. The highest BCUT2D eigenvalue weighted by Crippen LogP contribution is 2.31. The van der Waals surface area contributed by atoms with Crippen LogP contribution in [0.25, 0.3) is 0 Å². The van der Waals surface area contributed by atoms with Crippen LogP contribution in [0.1, 0.15) is 10.4 Å². The maximum Gasteiger partial charge on any atom is 0.281 e. The number of nitrogens with zero attached hydrogens (tertiary/aromatic N) is 1. The molecule has 1 aromatic rings. The van der Waals surface area contributed by atoms with Crippen molar-refractivity contribution in [2.24, 2.45) is 5.14 Å². The maximum absolute atomic E-state index is 11.3. The van der Waals surface area contributed by atoms with Crippen molar-refractivity contribution in [3.63, 3.8) is 0 Å². The topological polar surface area (TPSA) is 130 Å². The average molecular weight is 260 g/mol. The van der Waals surface area contributed by atoms with E-state index in [1.54, 1.807) is 0 Å². The molecule has 0 aliphatic rings. The smallest absolute Gasteiger partial charge is 0.281 e. The van der Waals surface area contributed by atoms with Crippen molar-refractivity contribution in [1.82, 2.24) is 0 Å². The van der Waals surface area contributed by atoms with Crippen molar-refractivity contribution < 1.29 is 22.9 Å². The van der Waals surface area contributed by atoms with Gasteiger partial charge in [0, 0.05) is 6.07 Å². The number of rotatable bonds is 4. The van der Waals surface area contributed by atoms with Gasteiger partial charge in [0.15, 0.2) is 6.29 Å². The summed E-state index contributed by atoms with van der Waals surface area (Å²) in [7, 11) is -3.15. The Morgan fingerprint density at radius 1 is 1.47 bits per heavy atom. The summed E-state index contributed by atoms with van der Waals surface area (Å²) >= 11 is 0. The molecule has 0 heterocycles. The summed E-state index contributed by atoms with van der Waals surface area (Å²) in [5.74, 6) is -0.222. The fraction of sp³-hybridized carbons (Fsp3) is 0.125. The van der Waals surface area contributed by atoms with Crippen molar-refractivity contribution in [2.45, 2.75) is 4.90 Å². The van der Waals surface area contributed by atoms with Crippen LogP contribution in [0.5, 0.6) is 5.75 Å². The second-order valence-corrected chi connectivity index (χ2v) is 4.45. The number of aldehydes is 1. The Morgan fingerprint density at radius 2 is 2.06 bits per heavy atom. The molecule has 8 nitrogen and oxygen atoms in total. The largest absolute Gasteiger partial charge is 0.495 e. The van der Waals surface area contributed by atoms with Crippen molar-refractivity contribution in [3.05, 3.63) is 27.8 Å². The lowest BCUT2D eigenvalue weighted by Crippen LogP contribution is -2.16. The van der Waals surface area contributed by atoms with Crippen LogP contribution >= 0.6 is 0 Å². The Kier molecular flexibility index (Phi) is 3.44. The summed E-state index contributed by atoms with van der Waals surface area (Å²) in [5.41, 5.74) is -1.28. The van der Waals surface area contributed by atoms with Crippen molar-refractivity contribution in [1.29, 1.82) is 0 Å². The van der Waals surface area contributed by atoms with Crippen molar-refractivity contribution in [2.75, 3.05) is 7.11 Å². The third kappa shape index (κ3) is 2.40. The molecule has 0 amide bonds. The van der Waals surface area contributed by atoms with Crippen molar-refractivity contribution in [3.8, 4) is 5.75 Å². The van der Waals surface area contributed by atoms with E-state index in [0.29, 0.717) is 0 Å². The van der Waals surface area contributed by atoms with Crippen LogP contribution < -0.4 is 9.88 Å². The molecular formula is C8H8N2O6S. The van der Waals surface area contributed by atoms with E-state index in [2.05, 4.69) is 0 Å². The summed E-state index contributed by atoms with van der Waals surface area (Å²) in [5, 5.41) is 15.5. The quantitative estimate of drug-likeness (QED) is 0.463. The Labute approximate surface area is 96.2 Å². The summed E-state index contributed by atoms with van der Waals surface area (Å²) in [6, 6.07) is 2.03. The monoisotopic (exact) mass is 260 g/mol. The number of carbonyl (C=O) groups excluding carboxylic acids is 1. The highest BCUT2D eigenvalue weighted by atomic mass is 32.2. The van der Waals surface area contributed by atoms with Gasteiger partial charge < -0.3 is 4.74 Å². The maximum atomic E-state index is 11.3. The second-order valence-electron chi connectivity index (χ2n) is 2.95. The Bertz CT molecular complexity index is 580. The molecule has 0 fully saturated rings. The number of benzene rings is 1. The SMILES string of the molecule is COc1ccc([N+](=O)[O-])c(C=O)c1S(N)(=O)=O. The van der Waals surface area contributed by atoms with Gasteiger partial charge in [-0.3, -0.25) is 14.9 Å². The standard InChI is InChI=1S/C8H8N2O6S/c1-16-7-3-2-6(10(12)13)5(4-11)8(7)17(9,14)15/h2-4H,1H3,(H2,9,14,15). The summed E-state index contributed by atoms with van der Waals surface area (Å²) < 4.78 is 27.3. The number of methoxy groups -OCH3 is 1. The highest BCUT2D eigenvalue weighted by molar-refractivity contribution is 7.89. The minimum atomic E-state index is -4.31. The summed E-state index contributed by atoms with van der Waals surface area (Å²) in [6.45, 7) is 0. The number of nitro groups is 1. The normalized spacial score (nSPS) is 10.9. The number of ether oxygens (including phenoxy) is 1. The van der Waals surface area contributed by atoms with Gasteiger partial charge in [-0.05, 0) is 6.07 Å². The molecule has 0 aromatic heterocycles. The molecular weight excluding hydrogens is 252 g/mol. The highest BCUT2D eigenvalue weighted by Gasteiger charge is 2.27. The van der Waals surface area contributed by atoms with Crippen LogP contribution in [0, 0.1) is 10.1 Å². The number of sulfonamides is 1. The van der Waals surface area contributed by atoms with Crippen LogP contribution in [-0.4, -0.2) is 26.7 Å². The van der Waals surface area contributed by atoms with Gasteiger partial charge in [0.1, 0.15) is 16.2 Å². The molecule has 1 rings (SSSR count). The molecule has 0 unspecified atom stereocenters. The number of nitro benzene ring substituents is 1. The van der Waals surface area contributed by atoms with E-state index < -0.39 is 31.1 Å². The van der Waals surface area contributed by atoms with Gasteiger partial charge in [-0.25, -0.2) is 13.6 Å². The van der Waals surface area contributed by atoms with Gasteiger partial charge in [0.05, 0.1) is 12.0 Å². The molecule has 9 heteroatoms. The summed E-state index contributed by atoms with van der Waals surface area (Å²) in [4.78, 5) is 19.8. The van der Waals surface area contributed by atoms with Crippen LogP contribution in [0.15, 0.2) is 17.0 Å². The van der Waals surface area contributed by atoms with Crippen LogP contribution in [0.2, 0.25) is 0 Å². The lowest BCUT2D eigenvalue weighted by Gasteiger charge is -2.08. The molecule has 0 saturated heterocycles. The van der Waals surface area contributed by atoms with E-state index in [9.17, 15) is 23.3 Å². The number of primary sulfonamides is 1. The first-order chi connectivity index (χ1) is 7.82. The van der Waals surface area contributed by atoms with Crippen LogP contribution in [0.3, 0.4) is 0 Å². The molecule has 0 spiro atoms. The fourth-order valence-electron chi connectivity index (χ4n) is 1.30. The first kappa shape index (κ1) is 13.1. The third-order valence-electron chi connectivity index (χ3n) is 1.96. The van der Waals surface area contributed by atoms with E-state index in [4.69, 9.17) is 9.88 Å². The first-order valence-electron chi connectivity index (χ1n) is 4.16. The zero-order valence-corrected chi connectivity index (χ0v) is 9.43. The molecule has 92 valence electrons. The lowest BCUT2D eigenvalue weighted by atomic mass is 10.2. The molecule has 0 radical (unpaired) electrons. The molecule has 2 N–H and O–H groups in total. The number of hydrogen-bond acceptors (Lipinski definition) is 6. The lowest BCUT2D eigenvalue weighted by molar-refractivity contribution is -0.385. The molecule has 0 aliphatic carbocycles. The van der Waals surface area contributed by atoms with Gasteiger partial charge in [0.25, 0.3) is 5.69 Å². The Balaban J connectivity index is 3.80. The Hall–Kier alpha value is -2.00. The van der Waals surface area contributed by atoms with E-state index in [1.807, 2.05) is 0 Å². The molecule has 0 bridgehead atoms. The van der Waals surface area contributed by atoms with Crippen LogP contribution in [0.4, 0.5) is 5.69 Å². The minimum absolute atomic E-state index is 0.0559. The van der Waals surface area contributed by atoms with Gasteiger partial charge in [-0.15, -0.1) is 0 Å². The van der Waals surface area contributed by atoms with Gasteiger partial charge in [-0.1, -0.05) is 0 Å². The average Bonchev–Trinajstić information content (AvgIpc) is 2.25. The van der Waals surface area contributed by atoms with E-state index >= 15 is 0 Å². The second kappa shape index (κ2) is 4.47. The van der Waals surface area contributed by atoms with Gasteiger partial charge in [0.2, 0.25) is 10.0 Å².